The van der Waals surface area contributed by atoms with Crippen LogP contribution in [0.3, 0.4) is 0 Å². The van der Waals surface area contributed by atoms with Gasteiger partial charge in [0.1, 0.15) is 5.54 Å². The van der Waals surface area contributed by atoms with Gasteiger partial charge in [-0.25, -0.2) is 0 Å². The second kappa shape index (κ2) is 5.05. The van der Waals surface area contributed by atoms with E-state index in [-0.39, 0.29) is 0 Å². The number of halogens is 2. The first-order chi connectivity index (χ1) is 7.36. The van der Waals surface area contributed by atoms with Gasteiger partial charge in [0.25, 0.3) is 0 Å². The normalized spacial score (nSPS) is 11.6. The summed E-state index contributed by atoms with van der Waals surface area (Å²) in [5.41, 5.74) is 0.548. The number of nitrogens with zero attached hydrogens (tertiary/aromatic N) is 2. The van der Waals surface area contributed by atoms with Crippen LogP contribution in [0.15, 0.2) is 18.2 Å². The molecule has 4 heteroatoms. The summed E-state index contributed by atoms with van der Waals surface area (Å²) in [6.45, 7) is 4.42. The number of rotatable bonds is 3. The molecule has 16 heavy (non-hydrogen) atoms. The van der Waals surface area contributed by atoms with Crippen molar-refractivity contribution in [1.29, 1.82) is 5.26 Å². The molecule has 0 radical (unpaired) electrons. The van der Waals surface area contributed by atoms with E-state index in [0.29, 0.717) is 16.6 Å². The van der Waals surface area contributed by atoms with E-state index in [2.05, 4.69) is 6.07 Å². The predicted octanol–water partition coefficient (Wildman–Crippen LogP) is 3.73. The first-order valence-electron chi connectivity index (χ1n) is 4.93. The van der Waals surface area contributed by atoms with Crippen molar-refractivity contribution in [3.05, 3.63) is 33.8 Å². The van der Waals surface area contributed by atoms with E-state index in [1.807, 2.05) is 37.9 Å². The van der Waals surface area contributed by atoms with Crippen molar-refractivity contribution in [3.63, 3.8) is 0 Å². The van der Waals surface area contributed by atoms with Gasteiger partial charge in [0, 0.05) is 6.54 Å². The molecule has 0 amide bonds. The zero-order valence-electron chi connectivity index (χ0n) is 9.59. The van der Waals surface area contributed by atoms with E-state index in [0.717, 1.165) is 5.56 Å². The molecule has 0 aliphatic rings. The summed E-state index contributed by atoms with van der Waals surface area (Å²) in [4.78, 5) is 1.96. The average Bonchev–Trinajstić information content (AvgIpc) is 2.23. The Bertz CT molecular complexity index is 422. The van der Waals surface area contributed by atoms with Gasteiger partial charge in [-0.2, -0.15) is 5.26 Å². The number of hydrogen-bond acceptors (Lipinski definition) is 2. The molecule has 0 heterocycles. The summed E-state index contributed by atoms with van der Waals surface area (Å²) in [5.74, 6) is 0. The second-order valence-electron chi connectivity index (χ2n) is 4.28. The topological polar surface area (TPSA) is 27.0 Å². The van der Waals surface area contributed by atoms with E-state index < -0.39 is 5.54 Å². The average molecular weight is 257 g/mol. The third-order valence-corrected chi connectivity index (χ3v) is 3.37. The number of nitriles is 1. The highest BCUT2D eigenvalue weighted by molar-refractivity contribution is 6.42. The lowest BCUT2D eigenvalue weighted by atomic mass is 10.1. The van der Waals surface area contributed by atoms with Crippen LogP contribution < -0.4 is 0 Å². The minimum atomic E-state index is -0.494. The lowest BCUT2D eigenvalue weighted by Gasteiger charge is -2.29. The maximum absolute atomic E-state index is 9.00. The van der Waals surface area contributed by atoms with Crippen molar-refractivity contribution in [2.45, 2.75) is 25.9 Å². The van der Waals surface area contributed by atoms with E-state index in [9.17, 15) is 0 Å². The Labute approximate surface area is 106 Å². The molecule has 86 valence electrons. The summed E-state index contributed by atoms with van der Waals surface area (Å²) in [6.07, 6.45) is 0. The van der Waals surface area contributed by atoms with Crippen LogP contribution in [-0.2, 0) is 6.54 Å². The fourth-order valence-corrected chi connectivity index (χ4v) is 1.52. The molecule has 0 N–H and O–H groups in total. The molecule has 0 saturated heterocycles. The molecule has 0 fully saturated rings. The van der Waals surface area contributed by atoms with Gasteiger partial charge < -0.3 is 0 Å². The highest BCUT2D eigenvalue weighted by atomic mass is 35.5. The Morgan fingerprint density at radius 3 is 2.44 bits per heavy atom. The molecule has 0 bridgehead atoms. The van der Waals surface area contributed by atoms with Crippen molar-refractivity contribution in [2.75, 3.05) is 7.05 Å². The van der Waals surface area contributed by atoms with Gasteiger partial charge >= 0.3 is 0 Å². The largest absolute Gasteiger partial charge is 0.285 e. The van der Waals surface area contributed by atoms with Gasteiger partial charge in [-0.15, -0.1) is 0 Å². The van der Waals surface area contributed by atoms with Crippen LogP contribution in [0.2, 0.25) is 10.0 Å². The molecule has 1 rings (SSSR count). The number of hydrogen-bond donors (Lipinski definition) is 0. The maximum atomic E-state index is 9.00. The van der Waals surface area contributed by atoms with Crippen molar-refractivity contribution >= 4 is 23.2 Å². The Kier molecular flexibility index (Phi) is 4.21. The van der Waals surface area contributed by atoms with E-state index in [4.69, 9.17) is 28.5 Å². The molecule has 0 unspecified atom stereocenters. The van der Waals surface area contributed by atoms with E-state index >= 15 is 0 Å². The third-order valence-electron chi connectivity index (χ3n) is 2.63. The second-order valence-corrected chi connectivity index (χ2v) is 5.09. The van der Waals surface area contributed by atoms with E-state index in [1.54, 1.807) is 6.07 Å². The highest BCUT2D eigenvalue weighted by Crippen LogP contribution is 2.24. The van der Waals surface area contributed by atoms with Crippen molar-refractivity contribution in [3.8, 4) is 6.07 Å². The molecule has 0 spiro atoms. The first kappa shape index (κ1) is 13.3. The Morgan fingerprint density at radius 1 is 1.31 bits per heavy atom. The van der Waals surface area contributed by atoms with Crippen LogP contribution in [0.25, 0.3) is 0 Å². The van der Waals surface area contributed by atoms with E-state index in [1.165, 1.54) is 0 Å². The molecular formula is C12H14Cl2N2. The lowest BCUT2D eigenvalue weighted by molar-refractivity contribution is 0.203. The zero-order chi connectivity index (χ0) is 12.3. The summed E-state index contributed by atoms with van der Waals surface area (Å²) >= 11 is 11.8. The number of benzene rings is 1. The van der Waals surface area contributed by atoms with Gasteiger partial charge in [0.15, 0.2) is 0 Å². The molecule has 0 atom stereocenters. The molecule has 1 aromatic rings. The first-order valence-corrected chi connectivity index (χ1v) is 5.69. The minimum absolute atomic E-state index is 0.494. The molecule has 0 saturated carbocycles. The van der Waals surface area contributed by atoms with Gasteiger partial charge in [0.2, 0.25) is 0 Å². The quantitative estimate of drug-likeness (QED) is 0.824. The van der Waals surface area contributed by atoms with Crippen LogP contribution in [0.5, 0.6) is 0 Å². The van der Waals surface area contributed by atoms with Crippen LogP contribution >= 0.6 is 23.2 Å². The molecule has 0 aromatic heterocycles. The van der Waals surface area contributed by atoms with Crippen molar-refractivity contribution in [1.82, 2.24) is 4.90 Å². The van der Waals surface area contributed by atoms with Crippen LogP contribution in [0.4, 0.5) is 0 Å². The Hall–Kier alpha value is -0.750. The molecule has 1 aromatic carbocycles. The van der Waals surface area contributed by atoms with Gasteiger partial charge in [-0.1, -0.05) is 29.3 Å². The monoisotopic (exact) mass is 256 g/mol. The van der Waals surface area contributed by atoms with Crippen LogP contribution in [0, 0.1) is 11.3 Å². The van der Waals surface area contributed by atoms with Gasteiger partial charge in [-0.3, -0.25) is 4.90 Å². The predicted molar refractivity (Wildman–Crippen MR) is 67.6 cm³/mol. The molecule has 0 aliphatic carbocycles. The lowest BCUT2D eigenvalue weighted by Crippen LogP contribution is -2.38. The summed E-state index contributed by atoms with van der Waals surface area (Å²) < 4.78 is 0. The van der Waals surface area contributed by atoms with Crippen molar-refractivity contribution < 1.29 is 0 Å². The third kappa shape index (κ3) is 3.12. The fraction of sp³-hybridized carbons (Fsp3) is 0.417. The molecule has 2 nitrogen and oxygen atoms in total. The summed E-state index contributed by atoms with van der Waals surface area (Å²) in [6, 6.07) is 7.77. The SMILES string of the molecule is CN(Cc1ccc(Cl)c(Cl)c1)C(C)(C)C#N. The Balaban J connectivity index is 2.82. The highest BCUT2D eigenvalue weighted by Gasteiger charge is 2.22. The zero-order valence-corrected chi connectivity index (χ0v) is 11.1. The smallest absolute Gasteiger partial charge is 0.103 e. The van der Waals surface area contributed by atoms with Gasteiger partial charge in [-0.05, 0) is 38.6 Å². The summed E-state index contributed by atoms with van der Waals surface area (Å²) in [5, 5.41) is 10.1. The fourth-order valence-electron chi connectivity index (χ4n) is 1.19. The molecular weight excluding hydrogens is 243 g/mol. The molecule has 0 aliphatic heterocycles. The minimum Gasteiger partial charge on any atom is -0.285 e. The maximum Gasteiger partial charge on any atom is 0.103 e. The van der Waals surface area contributed by atoms with Crippen molar-refractivity contribution in [2.24, 2.45) is 0 Å². The van der Waals surface area contributed by atoms with Crippen LogP contribution in [0.1, 0.15) is 19.4 Å². The van der Waals surface area contributed by atoms with Crippen LogP contribution in [-0.4, -0.2) is 17.5 Å². The van der Waals surface area contributed by atoms with Gasteiger partial charge in [0.05, 0.1) is 16.1 Å². The standard InChI is InChI=1S/C12H14Cl2N2/c1-12(2,8-15)16(3)7-9-4-5-10(13)11(14)6-9/h4-6H,7H2,1-3H3. The summed E-state index contributed by atoms with van der Waals surface area (Å²) in [7, 11) is 1.91. The Morgan fingerprint density at radius 2 is 1.94 bits per heavy atom.